The average molecular weight is 423 g/mol. The zero-order chi connectivity index (χ0) is 20.9. The molecule has 1 fully saturated rings. The van der Waals surface area contributed by atoms with Crippen LogP contribution in [-0.2, 0) is 23.7 Å². The normalized spacial score (nSPS) is 19.9. The summed E-state index contributed by atoms with van der Waals surface area (Å²) in [7, 11) is 0. The molecule has 30 heavy (non-hydrogen) atoms. The van der Waals surface area contributed by atoms with Gasteiger partial charge in [-0.1, -0.05) is 17.3 Å². The Kier molecular flexibility index (Phi) is 10.5. The third-order valence-electron chi connectivity index (χ3n) is 4.92. The van der Waals surface area contributed by atoms with Crippen LogP contribution in [0.2, 0.25) is 0 Å². The Morgan fingerprint density at radius 1 is 0.900 bits per heavy atom. The Morgan fingerprint density at radius 2 is 1.50 bits per heavy atom. The smallest absolute Gasteiger partial charge is 0.153 e. The van der Waals surface area contributed by atoms with Crippen molar-refractivity contribution in [3.63, 3.8) is 0 Å². The molecule has 0 N–H and O–H groups in total. The fourth-order valence-electron chi connectivity index (χ4n) is 3.35. The highest BCUT2D eigenvalue weighted by molar-refractivity contribution is 5.73. The van der Waals surface area contributed by atoms with Crippen molar-refractivity contribution < 1.29 is 23.7 Å². The van der Waals surface area contributed by atoms with Crippen LogP contribution in [0.4, 0.5) is 0 Å². The van der Waals surface area contributed by atoms with Crippen LogP contribution in [0.25, 0.3) is 11.0 Å². The van der Waals surface area contributed by atoms with Crippen LogP contribution in [-0.4, -0.2) is 99.0 Å². The van der Waals surface area contributed by atoms with E-state index in [-0.39, 0.29) is 6.23 Å². The van der Waals surface area contributed by atoms with Gasteiger partial charge in [-0.15, -0.1) is 5.10 Å². The fourth-order valence-corrected chi connectivity index (χ4v) is 3.35. The van der Waals surface area contributed by atoms with Crippen LogP contribution < -0.4 is 0 Å². The summed E-state index contributed by atoms with van der Waals surface area (Å²) < 4.78 is 30.3. The van der Waals surface area contributed by atoms with Crippen molar-refractivity contribution in [2.45, 2.75) is 19.6 Å². The van der Waals surface area contributed by atoms with Gasteiger partial charge in [0.1, 0.15) is 5.52 Å². The fraction of sp³-hybridized carbons (Fsp3) is 0.714. The van der Waals surface area contributed by atoms with E-state index in [1.807, 2.05) is 35.9 Å². The van der Waals surface area contributed by atoms with E-state index in [1.54, 1.807) is 0 Å². The molecule has 1 aliphatic heterocycles. The minimum Gasteiger partial charge on any atom is -0.378 e. The number of aromatic nitrogens is 3. The summed E-state index contributed by atoms with van der Waals surface area (Å²) in [5.74, 6) is 0. The molecule has 1 aliphatic rings. The minimum absolute atomic E-state index is 0.164. The Morgan fingerprint density at radius 3 is 2.13 bits per heavy atom. The van der Waals surface area contributed by atoms with Gasteiger partial charge in [0, 0.05) is 32.7 Å². The Bertz CT molecular complexity index is 698. The number of hydrogen-bond acceptors (Lipinski definition) is 8. The molecule has 0 bridgehead atoms. The first-order valence-corrected chi connectivity index (χ1v) is 10.8. The predicted molar refractivity (Wildman–Crippen MR) is 113 cm³/mol. The molecule has 1 aromatic heterocycles. The van der Waals surface area contributed by atoms with Crippen molar-refractivity contribution in [3.05, 3.63) is 24.3 Å². The Hall–Kier alpha value is -1.62. The van der Waals surface area contributed by atoms with E-state index in [1.165, 1.54) is 0 Å². The molecular weight excluding hydrogens is 388 g/mol. The largest absolute Gasteiger partial charge is 0.378 e. The lowest BCUT2D eigenvalue weighted by Gasteiger charge is -2.25. The highest BCUT2D eigenvalue weighted by Crippen LogP contribution is 2.19. The zero-order valence-corrected chi connectivity index (χ0v) is 17.9. The molecule has 0 aliphatic carbocycles. The van der Waals surface area contributed by atoms with Crippen molar-refractivity contribution in [1.82, 2.24) is 19.9 Å². The van der Waals surface area contributed by atoms with Gasteiger partial charge in [-0.3, -0.25) is 4.90 Å². The van der Waals surface area contributed by atoms with E-state index < -0.39 is 0 Å². The van der Waals surface area contributed by atoms with E-state index in [0.29, 0.717) is 59.5 Å². The molecular formula is C21H34N4O5. The molecule has 0 saturated carbocycles. The van der Waals surface area contributed by atoms with E-state index >= 15 is 0 Å². The standard InChI is InChI=1S/C21H34N4O5/c1-2-30-21(25-20-6-4-3-5-19(20)22-23-25)7-8-24-9-11-26-13-15-28-17-18-29-16-14-27-12-10-24/h3-6,21H,2,7-18H2,1H3. The number of nitrogens with zero attached hydrogens (tertiary/aromatic N) is 4. The second-order valence-electron chi connectivity index (χ2n) is 7.01. The van der Waals surface area contributed by atoms with Crippen molar-refractivity contribution >= 4 is 11.0 Å². The Labute approximate surface area is 178 Å². The highest BCUT2D eigenvalue weighted by atomic mass is 16.6. The quantitative estimate of drug-likeness (QED) is 0.697. The molecule has 1 unspecified atom stereocenters. The van der Waals surface area contributed by atoms with E-state index in [2.05, 4.69) is 15.2 Å². The first-order valence-electron chi connectivity index (χ1n) is 10.8. The molecule has 2 heterocycles. The molecule has 0 radical (unpaired) electrons. The monoisotopic (exact) mass is 422 g/mol. The maximum absolute atomic E-state index is 6.01. The van der Waals surface area contributed by atoms with E-state index in [0.717, 1.165) is 37.1 Å². The summed E-state index contributed by atoms with van der Waals surface area (Å²) in [6, 6.07) is 7.96. The van der Waals surface area contributed by atoms with Gasteiger partial charge >= 0.3 is 0 Å². The van der Waals surface area contributed by atoms with Crippen LogP contribution in [0.15, 0.2) is 24.3 Å². The van der Waals surface area contributed by atoms with E-state index in [4.69, 9.17) is 23.7 Å². The molecule has 0 amide bonds. The number of hydrogen-bond donors (Lipinski definition) is 0. The maximum Gasteiger partial charge on any atom is 0.153 e. The lowest BCUT2D eigenvalue weighted by Crippen LogP contribution is -2.34. The third kappa shape index (κ3) is 7.57. The predicted octanol–water partition coefficient (Wildman–Crippen LogP) is 1.74. The molecule has 3 rings (SSSR count). The van der Waals surface area contributed by atoms with Crippen LogP contribution in [0.3, 0.4) is 0 Å². The van der Waals surface area contributed by atoms with Gasteiger partial charge in [0.05, 0.1) is 58.4 Å². The van der Waals surface area contributed by atoms with Gasteiger partial charge in [-0.2, -0.15) is 0 Å². The molecule has 1 aromatic carbocycles. The first-order chi connectivity index (χ1) is 14.9. The SMILES string of the molecule is CCOC(CCN1CCOCCOCCOCCOCC1)n1nnc2ccccc21. The Balaban J connectivity index is 1.55. The zero-order valence-electron chi connectivity index (χ0n) is 17.9. The summed E-state index contributed by atoms with van der Waals surface area (Å²) in [6.45, 7) is 9.98. The van der Waals surface area contributed by atoms with Crippen molar-refractivity contribution in [1.29, 1.82) is 0 Å². The van der Waals surface area contributed by atoms with Gasteiger partial charge in [0.15, 0.2) is 6.23 Å². The van der Waals surface area contributed by atoms with Gasteiger partial charge < -0.3 is 23.7 Å². The van der Waals surface area contributed by atoms with Crippen molar-refractivity contribution in [2.24, 2.45) is 0 Å². The summed E-state index contributed by atoms with van der Waals surface area (Å²) in [6.07, 6.45) is 0.635. The van der Waals surface area contributed by atoms with Gasteiger partial charge in [0.25, 0.3) is 0 Å². The molecule has 9 nitrogen and oxygen atoms in total. The second kappa shape index (κ2) is 13.6. The molecule has 1 atom stereocenters. The molecule has 168 valence electrons. The van der Waals surface area contributed by atoms with Gasteiger partial charge in [0.2, 0.25) is 0 Å². The number of para-hydroxylation sites is 1. The summed E-state index contributed by atoms with van der Waals surface area (Å²) >= 11 is 0. The first kappa shape index (κ1) is 23.1. The number of benzene rings is 1. The summed E-state index contributed by atoms with van der Waals surface area (Å²) in [5, 5.41) is 8.60. The number of fused-ring (bicyclic) bond motifs is 1. The van der Waals surface area contributed by atoms with Gasteiger partial charge in [-0.05, 0) is 19.1 Å². The summed E-state index contributed by atoms with van der Waals surface area (Å²) in [5.41, 5.74) is 1.86. The van der Waals surface area contributed by atoms with Crippen LogP contribution >= 0.6 is 0 Å². The van der Waals surface area contributed by atoms with Crippen LogP contribution in [0, 0.1) is 0 Å². The van der Waals surface area contributed by atoms with Crippen molar-refractivity contribution in [3.8, 4) is 0 Å². The summed E-state index contributed by atoms with van der Waals surface area (Å²) in [4.78, 5) is 2.34. The lowest BCUT2D eigenvalue weighted by molar-refractivity contribution is -0.0137. The number of rotatable bonds is 6. The molecule has 9 heteroatoms. The molecule has 2 aromatic rings. The van der Waals surface area contributed by atoms with Crippen LogP contribution in [0.1, 0.15) is 19.6 Å². The van der Waals surface area contributed by atoms with E-state index in [9.17, 15) is 0 Å². The average Bonchev–Trinajstić information content (AvgIpc) is 3.19. The third-order valence-corrected chi connectivity index (χ3v) is 4.92. The van der Waals surface area contributed by atoms with Crippen LogP contribution in [0.5, 0.6) is 0 Å². The maximum atomic E-state index is 6.01. The second-order valence-corrected chi connectivity index (χ2v) is 7.01. The lowest BCUT2D eigenvalue weighted by atomic mass is 10.3. The molecule has 1 saturated heterocycles. The van der Waals surface area contributed by atoms with Crippen molar-refractivity contribution in [2.75, 3.05) is 79.1 Å². The number of ether oxygens (including phenoxy) is 5. The minimum atomic E-state index is -0.164. The molecule has 0 spiro atoms. The highest BCUT2D eigenvalue weighted by Gasteiger charge is 2.17. The van der Waals surface area contributed by atoms with Gasteiger partial charge in [-0.25, -0.2) is 4.68 Å². The topological polar surface area (TPSA) is 80.1 Å².